The smallest absolute Gasteiger partial charge is 0.269 e. The van der Waals surface area contributed by atoms with E-state index in [2.05, 4.69) is 10.1 Å². The van der Waals surface area contributed by atoms with Crippen molar-refractivity contribution in [2.24, 2.45) is 0 Å². The van der Waals surface area contributed by atoms with Crippen LogP contribution in [0.4, 0.5) is 5.69 Å². The minimum Gasteiger partial charge on any atom is -0.333 e. The normalized spacial score (nSPS) is 11.5. The zero-order valence-corrected chi connectivity index (χ0v) is 13.5. The van der Waals surface area contributed by atoms with E-state index in [4.69, 9.17) is 27.7 Å². The van der Waals surface area contributed by atoms with Crippen LogP contribution in [0, 0.1) is 10.1 Å². The average Bonchev–Trinajstić information content (AvgIpc) is 3.05. The number of hydrogen-bond acceptors (Lipinski definition) is 5. The second-order valence-corrected chi connectivity index (χ2v) is 5.56. The molecule has 3 rings (SSSR count). The van der Waals surface area contributed by atoms with E-state index in [-0.39, 0.29) is 16.6 Å². The lowest BCUT2D eigenvalue weighted by Crippen LogP contribution is -1.87. The minimum absolute atomic E-state index is 0.00192. The summed E-state index contributed by atoms with van der Waals surface area (Å²) in [5.41, 5.74) is 1.30. The Kier molecular flexibility index (Phi) is 4.59. The molecule has 0 amide bonds. The van der Waals surface area contributed by atoms with Gasteiger partial charge in [-0.15, -0.1) is 0 Å². The van der Waals surface area contributed by atoms with Crippen LogP contribution < -0.4 is 0 Å². The Hall–Kier alpha value is -2.70. The highest BCUT2D eigenvalue weighted by Crippen LogP contribution is 2.28. The summed E-state index contributed by atoms with van der Waals surface area (Å²) in [6, 6.07) is 13.0. The lowest BCUT2D eigenvalue weighted by Gasteiger charge is -1.96. The van der Waals surface area contributed by atoms with Crippen molar-refractivity contribution in [3.05, 3.63) is 75.1 Å². The molecule has 0 N–H and O–H groups in total. The van der Waals surface area contributed by atoms with Gasteiger partial charge in [-0.2, -0.15) is 4.98 Å². The van der Waals surface area contributed by atoms with Crippen molar-refractivity contribution in [1.29, 1.82) is 0 Å². The van der Waals surface area contributed by atoms with Gasteiger partial charge < -0.3 is 4.52 Å². The van der Waals surface area contributed by atoms with Gasteiger partial charge in [-0.05, 0) is 35.9 Å². The highest BCUT2D eigenvalue weighted by molar-refractivity contribution is 6.50. The van der Waals surface area contributed by atoms with Gasteiger partial charge >= 0.3 is 0 Å². The number of hydrogen-bond donors (Lipinski definition) is 0. The van der Waals surface area contributed by atoms with E-state index in [0.717, 1.165) is 0 Å². The highest BCUT2D eigenvalue weighted by Gasteiger charge is 2.13. The van der Waals surface area contributed by atoms with Crippen molar-refractivity contribution in [2.75, 3.05) is 0 Å². The zero-order chi connectivity index (χ0) is 17.1. The molecule has 0 fully saturated rings. The maximum Gasteiger partial charge on any atom is 0.269 e. The Bertz CT molecular complexity index is 920. The quantitative estimate of drug-likeness (QED) is 0.480. The molecule has 0 atom stereocenters. The maximum absolute atomic E-state index is 10.6. The first-order valence-electron chi connectivity index (χ1n) is 6.75. The van der Waals surface area contributed by atoms with Crippen LogP contribution in [0.3, 0.4) is 0 Å². The number of nitro benzene ring substituents is 1. The molecule has 24 heavy (non-hydrogen) atoms. The molecular formula is C16H9Cl2N3O3. The molecule has 0 unspecified atom stereocenters. The summed E-state index contributed by atoms with van der Waals surface area (Å²) in [6.45, 7) is 0. The topological polar surface area (TPSA) is 82.1 Å². The molecule has 6 nitrogen and oxygen atoms in total. The van der Waals surface area contributed by atoms with Gasteiger partial charge in [0, 0.05) is 17.7 Å². The standard InChI is InChI=1S/C16H9Cl2N3O3/c17-13-4-2-1-3-12(13)15-19-16(24-20-15)14(18)9-10-5-7-11(8-6-10)21(22)23/h1-9H/b14-9-. The number of rotatable bonds is 4. The Morgan fingerprint density at radius 1 is 1.17 bits per heavy atom. The van der Waals surface area contributed by atoms with Crippen molar-refractivity contribution in [2.45, 2.75) is 0 Å². The van der Waals surface area contributed by atoms with Crippen molar-refractivity contribution in [3.8, 4) is 11.4 Å². The van der Waals surface area contributed by atoms with Crippen LogP contribution in [0.25, 0.3) is 22.5 Å². The van der Waals surface area contributed by atoms with Gasteiger partial charge in [0.15, 0.2) is 0 Å². The third kappa shape index (κ3) is 3.45. The van der Waals surface area contributed by atoms with E-state index in [1.807, 2.05) is 6.07 Å². The summed E-state index contributed by atoms with van der Waals surface area (Å²) in [4.78, 5) is 14.4. The number of benzene rings is 2. The lowest BCUT2D eigenvalue weighted by atomic mass is 10.2. The number of nitrogens with zero attached hydrogens (tertiary/aromatic N) is 3. The molecule has 1 aromatic heterocycles. The van der Waals surface area contributed by atoms with E-state index in [9.17, 15) is 10.1 Å². The number of halogens is 2. The van der Waals surface area contributed by atoms with Gasteiger partial charge in [0.05, 0.1) is 9.95 Å². The van der Waals surface area contributed by atoms with E-state index >= 15 is 0 Å². The van der Waals surface area contributed by atoms with Crippen LogP contribution in [-0.4, -0.2) is 15.1 Å². The van der Waals surface area contributed by atoms with Crippen LogP contribution in [-0.2, 0) is 0 Å². The molecule has 3 aromatic rings. The predicted octanol–water partition coefficient (Wildman–Crippen LogP) is 5.04. The fraction of sp³-hybridized carbons (Fsp3) is 0. The SMILES string of the molecule is O=[N+]([O-])c1ccc(/C=C(\Cl)c2nc(-c3ccccc3Cl)no2)cc1. The molecule has 0 bridgehead atoms. The zero-order valence-electron chi connectivity index (χ0n) is 12.0. The second kappa shape index (κ2) is 6.82. The minimum atomic E-state index is -0.469. The molecule has 1 heterocycles. The molecule has 0 aliphatic rings. The van der Waals surface area contributed by atoms with E-state index < -0.39 is 4.92 Å². The molecule has 0 aliphatic heterocycles. The van der Waals surface area contributed by atoms with Gasteiger partial charge in [-0.25, -0.2) is 0 Å². The molecule has 2 aromatic carbocycles. The summed E-state index contributed by atoms with van der Waals surface area (Å²) >= 11 is 12.3. The summed E-state index contributed by atoms with van der Waals surface area (Å²) in [6.07, 6.45) is 1.58. The van der Waals surface area contributed by atoms with Gasteiger partial charge in [-0.3, -0.25) is 10.1 Å². The van der Waals surface area contributed by atoms with Gasteiger partial charge in [0.2, 0.25) is 5.82 Å². The number of aromatic nitrogens is 2. The lowest BCUT2D eigenvalue weighted by molar-refractivity contribution is -0.384. The van der Waals surface area contributed by atoms with E-state index in [0.29, 0.717) is 22.0 Å². The van der Waals surface area contributed by atoms with Crippen molar-refractivity contribution >= 4 is 40.0 Å². The largest absolute Gasteiger partial charge is 0.333 e. The van der Waals surface area contributed by atoms with Gasteiger partial charge in [0.25, 0.3) is 11.6 Å². The predicted molar refractivity (Wildman–Crippen MR) is 91.6 cm³/mol. The molecule has 0 saturated carbocycles. The summed E-state index contributed by atoms with van der Waals surface area (Å²) in [5, 5.41) is 15.2. The molecule has 0 saturated heterocycles. The van der Waals surface area contributed by atoms with Crippen molar-refractivity contribution < 1.29 is 9.45 Å². The first-order valence-corrected chi connectivity index (χ1v) is 7.51. The van der Waals surface area contributed by atoms with E-state index in [1.54, 1.807) is 36.4 Å². The Labute approximate surface area is 146 Å². The van der Waals surface area contributed by atoms with Crippen molar-refractivity contribution in [1.82, 2.24) is 10.1 Å². The second-order valence-electron chi connectivity index (χ2n) is 4.74. The Morgan fingerprint density at radius 3 is 2.54 bits per heavy atom. The Morgan fingerprint density at radius 2 is 1.88 bits per heavy atom. The maximum atomic E-state index is 10.6. The molecule has 120 valence electrons. The first-order chi connectivity index (χ1) is 11.5. The van der Waals surface area contributed by atoms with E-state index in [1.165, 1.54) is 12.1 Å². The molecular weight excluding hydrogens is 353 g/mol. The van der Waals surface area contributed by atoms with Crippen LogP contribution in [0.5, 0.6) is 0 Å². The fourth-order valence-corrected chi connectivity index (χ4v) is 2.40. The van der Waals surface area contributed by atoms with Crippen LogP contribution in [0.1, 0.15) is 11.5 Å². The summed E-state index contributed by atoms with van der Waals surface area (Å²) in [5.74, 6) is 0.454. The average molecular weight is 362 g/mol. The third-order valence-electron chi connectivity index (χ3n) is 3.14. The molecule has 0 spiro atoms. The molecule has 8 heteroatoms. The molecule has 0 radical (unpaired) electrons. The number of non-ortho nitro benzene ring substituents is 1. The highest BCUT2D eigenvalue weighted by atomic mass is 35.5. The summed E-state index contributed by atoms with van der Waals surface area (Å²) < 4.78 is 5.14. The van der Waals surface area contributed by atoms with Gasteiger partial charge in [0.1, 0.15) is 5.03 Å². The van der Waals surface area contributed by atoms with Crippen molar-refractivity contribution in [3.63, 3.8) is 0 Å². The van der Waals surface area contributed by atoms with Crippen LogP contribution in [0.2, 0.25) is 5.02 Å². The molecule has 0 aliphatic carbocycles. The monoisotopic (exact) mass is 361 g/mol. The summed E-state index contributed by atoms with van der Waals surface area (Å²) in [7, 11) is 0. The first kappa shape index (κ1) is 16.2. The van der Waals surface area contributed by atoms with Crippen LogP contribution >= 0.6 is 23.2 Å². The fourth-order valence-electron chi connectivity index (χ4n) is 1.97. The number of nitro groups is 1. The Balaban J connectivity index is 1.86. The van der Waals surface area contributed by atoms with Gasteiger partial charge in [-0.1, -0.05) is 40.5 Å². The van der Waals surface area contributed by atoms with Crippen LogP contribution in [0.15, 0.2) is 53.1 Å². The third-order valence-corrected chi connectivity index (χ3v) is 3.74.